The zero-order valence-corrected chi connectivity index (χ0v) is 16.5. The number of aliphatic carboxylic acids is 1. The molecule has 0 bridgehead atoms. The van der Waals surface area contributed by atoms with Gasteiger partial charge in [-0.15, -0.1) is 0 Å². The molecule has 7 nitrogen and oxygen atoms in total. The summed E-state index contributed by atoms with van der Waals surface area (Å²) in [5.74, 6) is -0.635. The van der Waals surface area contributed by atoms with Gasteiger partial charge in [-0.3, -0.25) is 4.79 Å². The first kappa shape index (κ1) is 21.3. The summed E-state index contributed by atoms with van der Waals surface area (Å²) in [6.07, 6.45) is 4.35. The molecule has 2 aliphatic rings. The number of carbonyl (C=O) groups is 2. The Morgan fingerprint density at radius 3 is 2.93 bits per heavy atom. The molecule has 3 rings (SSSR count). The van der Waals surface area contributed by atoms with Gasteiger partial charge >= 0.3 is 5.97 Å². The molecular formula is C22H28N2O5. The Balaban J connectivity index is 1.51. The van der Waals surface area contributed by atoms with E-state index in [1.165, 1.54) is 0 Å². The molecule has 0 radical (unpaired) electrons. The minimum absolute atomic E-state index is 0.103. The minimum atomic E-state index is -0.985. The number of hydrogen-bond acceptors (Lipinski definition) is 5. The second-order valence-corrected chi connectivity index (χ2v) is 8.02. The summed E-state index contributed by atoms with van der Waals surface area (Å²) in [4.78, 5) is 25.1. The fraction of sp³-hybridized carbons (Fsp3) is 0.591. The van der Waals surface area contributed by atoms with Gasteiger partial charge in [-0.1, -0.05) is 18.2 Å². The Hall–Kier alpha value is -2.43. The minimum Gasteiger partial charge on any atom is -0.480 e. The summed E-state index contributed by atoms with van der Waals surface area (Å²) in [5.41, 5.74) is 1.43. The van der Waals surface area contributed by atoms with E-state index in [0.717, 1.165) is 31.2 Å². The zero-order valence-electron chi connectivity index (χ0n) is 16.5. The molecule has 0 spiro atoms. The van der Waals surface area contributed by atoms with Crippen molar-refractivity contribution in [3.05, 3.63) is 35.4 Å². The molecule has 1 saturated carbocycles. The lowest BCUT2D eigenvalue weighted by Crippen LogP contribution is -2.46. The number of amides is 1. The van der Waals surface area contributed by atoms with Crippen molar-refractivity contribution in [3.63, 3.8) is 0 Å². The van der Waals surface area contributed by atoms with E-state index in [-0.39, 0.29) is 30.5 Å². The van der Waals surface area contributed by atoms with E-state index in [1.54, 1.807) is 6.07 Å². The third kappa shape index (κ3) is 5.78. The van der Waals surface area contributed by atoms with Crippen molar-refractivity contribution in [2.45, 2.75) is 63.1 Å². The number of likely N-dealkylation sites (tertiary alicyclic amines) is 1. The molecule has 7 heteroatoms. The van der Waals surface area contributed by atoms with Crippen LogP contribution in [0.4, 0.5) is 0 Å². The number of aliphatic hydroxyl groups is 1. The molecule has 3 unspecified atom stereocenters. The molecule has 4 atom stereocenters. The Morgan fingerprint density at radius 2 is 2.17 bits per heavy atom. The molecule has 2 fully saturated rings. The van der Waals surface area contributed by atoms with E-state index in [0.29, 0.717) is 31.4 Å². The van der Waals surface area contributed by atoms with Crippen LogP contribution in [-0.2, 0) is 20.7 Å². The highest BCUT2D eigenvalue weighted by Crippen LogP contribution is 2.40. The van der Waals surface area contributed by atoms with Gasteiger partial charge in [0.05, 0.1) is 24.3 Å². The fourth-order valence-corrected chi connectivity index (χ4v) is 4.30. The van der Waals surface area contributed by atoms with Gasteiger partial charge in [0.1, 0.15) is 6.61 Å². The van der Waals surface area contributed by atoms with E-state index in [9.17, 15) is 20.0 Å². The van der Waals surface area contributed by atoms with Crippen LogP contribution in [0.25, 0.3) is 0 Å². The Bertz CT molecular complexity index is 775. The molecule has 1 saturated heterocycles. The third-order valence-corrected chi connectivity index (χ3v) is 5.84. The second kappa shape index (κ2) is 9.86. The summed E-state index contributed by atoms with van der Waals surface area (Å²) in [7, 11) is 0. The molecule has 2 N–H and O–H groups in total. The van der Waals surface area contributed by atoms with Crippen LogP contribution in [0.3, 0.4) is 0 Å². The molecule has 1 heterocycles. The average molecular weight is 400 g/mol. The summed E-state index contributed by atoms with van der Waals surface area (Å²) in [6, 6.07) is 9.68. The van der Waals surface area contributed by atoms with Crippen LogP contribution in [0, 0.1) is 17.2 Å². The topological polar surface area (TPSA) is 111 Å². The summed E-state index contributed by atoms with van der Waals surface area (Å²) < 4.78 is 5.19. The van der Waals surface area contributed by atoms with Crippen molar-refractivity contribution in [3.8, 4) is 6.07 Å². The molecule has 1 aromatic carbocycles. The summed E-state index contributed by atoms with van der Waals surface area (Å²) in [6.45, 7) is 0.0536. The Labute approximate surface area is 170 Å². The van der Waals surface area contributed by atoms with Gasteiger partial charge in [0.2, 0.25) is 5.91 Å². The van der Waals surface area contributed by atoms with Gasteiger partial charge in [0, 0.05) is 24.4 Å². The van der Waals surface area contributed by atoms with Crippen molar-refractivity contribution in [2.75, 3.05) is 13.2 Å². The van der Waals surface area contributed by atoms with Crippen molar-refractivity contribution >= 4 is 11.9 Å². The van der Waals surface area contributed by atoms with Gasteiger partial charge in [-0.25, -0.2) is 4.79 Å². The fourth-order valence-electron chi connectivity index (χ4n) is 4.30. The third-order valence-electron chi connectivity index (χ3n) is 5.84. The van der Waals surface area contributed by atoms with Gasteiger partial charge in [0.25, 0.3) is 0 Å². The van der Waals surface area contributed by atoms with E-state index >= 15 is 0 Å². The molecule has 29 heavy (non-hydrogen) atoms. The number of hydrogen-bond donors (Lipinski definition) is 2. The van der Waals surface area contributed by atoms with E-state index in [1.807, 2.05) is 23.1 Å². The highest BCUT2D eigenvalue weighted by Gasteiger charge is 2.47. The predicted octanol–water partition coefficient (Wildman–Crippen LogP) is 2.11. The van der Waals surface area contributed by atoms with Crippen LogP contribution in [0.2, 0.25) is 0 Å². The summed E-state index contributed by atoms with van der Waals surface area (Å²) >= 11 is 0. The average Bonchev–Trinajstić information content (AvgIpc) is 3.45. The van der Waals surface area contributed by atoms with Gasteiger partial charge < -0.3 is 19.8 Å². The normalized spacial score (nSPS) is 24.8. The molecule has 156 valence electrons. The van der Waals surface area contributed by atoms with Gasteiger partial charge in [-0.2, -0.15) is 5.26 Å². The lowest BCUT2D eigenvalue weighted by atomic mass is 9.93. The smallest absolute Gasteiger partial charge is 0.329 e. The SMILES string of the molecule is N#Cc1ccccc1CC(O)CC[C@H]1CCCC(=O)N1C1CC1COCC(=O)O. The van der Waals surface area contributed by atoms with Crippen molar-refractivity contribution in [1.29, 1.82) is 5.26 Å². The lowest BCUT2D eigenvalue weighted by Gasteiger charge is -2.37. The van der Waals surface area contributed by atoms with E-state index < -0.39 is 12.1 Å². The number of benzene rings is 1. The molecule has 1 amide bonds. The highest BCUT2D eigenvalue weighted by molar-refractivity contribution is 5.78. The van der Waals surface area contributed by atoms with Crippen molar-refractivity contribution in [2.24, 2.45) is 5.92 Å². The number of nitrogens with zero attached hydrogens (tertiary/aromatic N) is 2. The number of nitriles is 1. The van der Waals surface area contributed by atoms with Gasteiger partial charge in [-0.05, 0) is 50.2 Å². The lowest BCUT2D eigenvalue weighted by molar-refractivity contribution is -0.143. The van der Waals surface area contributed by atoms with Crippen molar-refractivity contribution < 1.29 is 24.5 Å². The number of ether oxygens (including phenoxy) is 1. The summed E-state index contributed by atoms with van der Waals surface area (Å²) in [5, 5.41) is 28.4. The molecular weight excluding hydrogens is 372 g/mol. The first-order chi connectivity index (χ1) is 14.0. The second-order valence-electron chi connectivity index (χ2n) is 8.02. The number of carboxylic acids is 1. The molecule has 1 aromatic rings. The van der Waals surface area contributed by atoms with Crippen molar-refractivity contribution in [1.82, 2.24) is 4.90 Å². The Kier molecular flexibility index (Phi) is 7.24. The van der Waals surface area contributed by atoms with Crippen LogP contribution in [-0.4, -0.2) is 58.4 Å². The van der Waals surface area contributed by atoms with Crippen LogP contribution in [0.5, 0.6) is 0 Å². The molecule has 0 aromatic heterocycles. The van der Waals surface area contributed by atoms with Crippen LogP contribution >= 0.6 is 0 Å². The van der Waals surface area contributed by atoms with Crippen LogP contribution in [0.1, 0.15) is 49.7 Å². The first-order valence-electron chi connectivity index (χ1n) is 10.3. The first-order valence-corrected chi connectivity index (χ1v) is 10.3. The number of aliphatic hydroxyl groups excluding tert-OH is 1. The maximum absolute atomic E-state index is 12.5. The quantitative estimate of drug-likeness (QED) is 0.622. The number of carboxylic acid groups (broad SMARTS) is 1. The van der Waals surface area contributed by atoms with Gasteiger partial charge in [0.15, 0.2) is 0 Å². The zero-order chi connectivity index (χ0) is 20.8. The maximum Gasteiger partial charge on any atom is 0.329 e. The Morgan fingerprint density at radius 1 is 1.38 bits per heavy atom. The molecule has 1 aliphatic heterocycles. The monoisotopic (exact) mass is 400 g/mol. The van der Waals surface area contributed by atoms with E-state index in [4.69, 9.17) is 9.84 Å². The maximum atomic E-state index is 12.5. The number of carbonyl (C=O) groups excluding carboxylic acids is 1. The predicted molar refractivity (Wildman–Crippen MR) is 105 cm³/mol. The standard InChI is InChI=1S/C22H28N2O5/c23-12-16-5-2-1-4-15(16)10-19(25)9-8-18-6-3-7-21(26)24(18)20-11-17(20)13-29-14-22(27)28/h1-2,4-5,17-20,25H,3,6-11,13-14H2,(H,27,28)/t17?,18-,19?,20?/m1/s1. The highest BCUT2D eigenvalue weighted by atomic mass is 16.5. The molecule has 1 aliphatic carbocycles. The number of piperidine rings is 1. The van der Waals surface area contributed by atoms with Crippen LogP contribution < -0.4 is 0 Å². The van der Waals surface area contributed by atoms with E-state index in [2.05, 4.69) is 6.07 Å². The number of rotatable bonds is 10. The van der Waals surface area contributed by atoms with Crippen LogP contribution in [0.15, 0.2) is 24.3 Å². The largest absolute Gasteiger partial charge is 0.480 e.